The number of alkyl halides is 3. The van der Waals surface area contributed by atoms with E-state index < -0.39 is 36.0 Å². The topological polar surface area (TPSA) is 97.6 Å². The van der Waals surface area contributed by atoms with Gasteiger partial charge in [-0.05, 0) is 37.4 Å². The Morgan fingerprint density at radius 3 is 2.69 bits per heavy atom. The second-order valence-corrected chi connectivity index (χ2v) is 8.11. The lowest BCUT2D eigenvalue weighted by Crippen LogP contribution is -2.53. The average molecular weight is 430 g/mol. The van der Waals surface area contributed by atoms with Gasteiger partial charge in [-0.25, -0.2) is 9.88 Å². The van der Waals surface area contributed by atoms with Crippen molar-refractivity contribution in [2.45, 2.75) is 45.1 Å². The van der Waals surface area contributed by atoms with Gasteiger partial charge in [0.2, 0.25) is 0 Å². The zero-order chi connectivity index (χ0) is 21.3. The Bertz CT molecular complexity index is 895. The molecule has 1 fully saturated rings. The van der Waals surface area contributed by atoms with Gasteiger partial charge in [0, 0.05) is 6.07 Å². The molecule has 1 aliphatic rings. The van der Waals surface area contributed by atoms with Crippen molar-refractivity contribution in [1.29, 1.82) is 0 Å². The number of hydrogen-bond donors (Lipinski definition) is 2. The van der Waals surface area contributed by atoms with Crippen LogP contribution in [0.5, 0.6) is 5.75 Å². The number of imide groups is 1. The molecule has 2 heterocycles. The van der Waals surface area contributed by atoms with Crippen molar-refractivity contribution >= 4 is 38.5 Å². The van der Waals surface area contributed by atoms with E-state index in [1.165, 1.54) is 12.1 Å². The van der Waals surface area contributed by atoms with Gasteiger partial charge in [0.05, 0.1) is 22.3 Å². The van der Waals surface area contributed by atoms with Crippen LogP contribution in [0.2, 0.25) is 0 Å². The van der Waals surface area contributed by atoms with Crippen LogP contribution in [-0.4, -0.2) is 41.8 Å². The number of ether oxygens (including phenoxy) is 1. The first-order valence-corrected chi connectivity index (χ1v) is 9.91. The van der Waals surface area contributed by atoms with E-state index in [1.807, 2.05) is 0 Å². The Hall–Kier alpha value is -2.24. The molecule has 2 aromatic rings. The van der Waals surface area contributed by atoms with E-state index in [0.29, 0.717) is 23.2 Å². The summed E-state index contributed by atoms with van der Waals surface area (Å²) in [6.45, 7) is 4.18. The number of nitrogens with zero attached hydrogens (tertiary/aromatic N) is 2. The van der Waals surface area contributed by atoms with Crippen molar-refractivity contribution < 1.29 is 27.5 Å². The molecule has 1 aliphatic heterocycles. The highest BCUT2D eigenvalue weighted by Gasteiger charge is 2.37. The van der Waals surface area contributed by atoms with E-state index in [1.54, 1.807) is 13.8 Å². The molecule has 0 aliphatic carbocycles. The number of nitrogens with two attached hydrogens (primary N) is 1. The maximum atomic E-state index is 13.0. The van der Waals surface area contributed by atoms with Crippen molar-refractivity contribution in [2.75, 3.05) is 11.4 Å². The minimum Gasteiger partial charge on any atom is -0.406 e. The maximum Gasteiger partial charge on any atom is 0.573 e. The molecular weight excluding hydrogens is 409 g/mol. The first-order chi connectivity index (χ1) is 13.6. The predicted octanol–water partition coefficient (Wildman–Crippen LogP) is 2.79. The molecule has 1 aromatic carbocycles. The molecule has 3 rings (SSSR count). The third kappa shape index (κ3) is 4.85. The Kier molecular flexibility index (Phi) is 6.11. The number of amides is 2. The van der Waals surface area contributed by atoms with E-state index in [0.717, 1.165) is 28.7 Å². The van der Waals surface area contributed by atoms with Gasteiger partial charge in [0.15, 0.2) is 5.13 Å². The summed E-state index contributed by atoms with van der Waals surface area (Å²) in [7, 11) is 0. The Morgan fingerprint density at radius 2 is 2.10 bits per heavy atom. The monoisotopic (exact) mass is 430 g/mol. The van der Waals surface area contributed by atoms with Crippen LogP contribution in [0.25, 0.3) is 10.2 Å². The minimum atomic E-state index is -4.82. The van der Waals surface area contributed by atoms with Crippen LogP contribution in [0.4, 0.5) is 18.3 Å². The summed E-state index contributed by atoms with van der Waals surface area (Å²) in [6.07, 6.45) is -3.45. The van der Waals surface area contributed by atoms with Crippen LogP contribution in [0.15, 0.2) is 18.2 Å². The summed E-state index contributed by atoms with van der Waals surface area (Å²) < 4.78 is 41.7. The number of nitrogens with one attached hydrogen (secondary N) is 1. The number of halogens is 3. The van der Waals surface area contributed by atoms with Crippen molar-refractivity contribution in [3.8, 4) is 5.75 Å². The smallest absolute Gasteiger partial charge is 0.406 e. The zero-order valence-corrected chi connectivity index (χ0v) is 16.6. The molecule has 0 saturated carbocycles. The fraction of sp³-hybridized carbons (Fsp3) is 0.500. The molecule has 11 heteroatoms. The predicted molar refractivity (Wildman–Crippen MR) is 103 cm³/mol. The lowest BCUT2D eigenvalue weighted by Gasteiger charge is -2.25. The highest BCUT2D eigenvalue weighted by atomic mass is 32.1. The van der Waals surface area contributed by atoms with E-state index in [9.17, 15) is 22.8 Å². The summed E-state index contributed by atoms with van der Waals surface area (Å²) in [4.78, 5) is 31.2. The second kappa shape index (κ2) is 8.25. The highest BCUT2D eigenvalue weighted by molar-refractivity contribution is 7.22. The van der Waals surface area contributed by atoms with Gasteiger partial charge < -0.3 is 15.8 Å². The summed E-state index contributed by atoms with van der Waals surface area (Å²) in [6, 6.07) is 2.20. The van der Waals surface area contributed by atoms with Gasteiger partial charge in [0.1, 0.15) is 5.75 Å². The lowest BCUT2D eigenvalue weighted by molar-refractivity contribution is -0.274. The number of carbonyl (C=O) groups is 2. The first kappa shape index (κ1) is 21.5. The molecule has 2 amide bonds. The Morgan fingerprint density at radius 1 is 1.38 bits per heavy atom. The number of thiazole rings is 1. The van der Waals surface area contributed by atoms with Gasteiger partial charge >= 0.3 is 6.36 Å². The number of anilines is 1. The molecule has 0 bridgehead atoms. The standard InChI is InChI=1S/C18H21F3N4O3S/c1-9(2)14(22)16(27)25(15(26)12-4-3-7-23-12)17-24-11-6-5-10(8-13(11)29-17)28-18(19,20)21/h5-6,8-9,12,14,23H,3-4,7,22H2,1-2H3/t12-,14+/m0/s1. The highest BCUT2D eigenvalue weighted by Crippen LogP contribution is 2.34. The Labute approximate surface area is 169 Å². The molecule has 0 radical (unpaired) electrons. The summed E-state index contributed by atoms with van der Waals surface area (Å²) in [5, 5.41) is 3.12. The van der Waals surface area contributed by atoms with E-state index >= 15 is 0 Å². The lowest BCUT2D eigenvalue weighted by atomic mass is 10.0. The third-order valence-electron chi connectivity index (χ3n) is 4.58. The van der Waals surface area contributed by atoms with Crippen LogP contribution in [-0.2, 0) is 9.59 Å². The van der Waals surface area contributed by atoms with Crippen LogP contribution in [0.1, 0.15) is 26.7 Å². The molecule has 2 atom stereocenters. The largest absolute Gasteiger partial charge is 0.573 e. The summed E-state index contributed by atoms with van der Waals surface area (Å²) in [5.41, 5.74) is 6.34. The van der Waals surface area contributed by atoms with Gasteiger partial charge in [-0.3, -0.25) is 9.59 Å². The molecule has 29 heavy (non-hydrogen) atoms. The van der Waals surface area contributed by atoms with Gasteiger partial charge in [-0.15, -0.1) is 13.2 Å². The van der Waals surface area contributed by atoms with Crippen molar-refractivity contribution in [2.24, 2.45) is 11.7 Å². The fourth-order valence-corrected chi connectivity index (χ4v) is 3.97. The van der Waals surface area contributed by atoms with E-state index in [4.69, 9.17) is 5.73 Å². The second-order valence-electron chi connectivity index (χ2n) is 7.10. The number of carbonyl (C=O) groups excluding carboxylic acids is 2. The van der Waals surface area contributed by atoms with Crippen molar-refractivity contribution in [1.82, 2.24) is 10.3 Å². The van der Waals surface area contributed by atoms with Crippen LogP contribution >= 0.6 is 11.3 Å². The molecule has 1 aromatic heterocycles. The normalized spacial score (nSPS) is 18.2. The van der Waals surface area contributed by atoms with Crippen LogP contribution < -0.4 is 20.7 Å². The maximum absolute atomic E-state index is 13.0. The van der Waals surface area contributed by atoms with Crippen molar-refractivity contribution in [3.05, 3.63) is 18.2 Å². The number of benzene rings is 1. The molecule has 7 nitrogen and oxygen atoms in total. The van der Waals surface area contributed by atoms with Gasteiger partial charge in [-0.2, -0.15) is 0 Å². The van der Waals surface area contributed by atoms with E-state index in [2.05, 4.69) is 15.0 Å². The SMILES string of the molecule is CC(C)[C@@H](N)C(=O)N(C(=O)[C@@H]1CCCN1)c1nc2ccc(OC(F)(F)F)cc2s1. The third-order valence-corrected chi connectivity index (χ3v) is 5.58. The van der Waals surface area contributed by atoms with Crippen LogP contribution in [0.3, 0.4) is 0 Å². The summed E-state index contributed by atoms with van der Waals surface area (Å²) in [5.74, 6) is -1.67. The quantitative estimate of drug-likeness (QED) is 0.757. The molecule has 0 unspecified atom stereocenters. The zero-order valence-electron chi connectivity index (χ0n) is 15.8. The molecule has 158 valence electrons. The van der Waals surface area contributed by atoms with E-state index in [-0.39, 0.29) is 11.0 Å². The number of fused-ring (bicyclic) bond motifs is 1. The average Bonchev–Trinajstić information content (AvgIpc) is 3.28. The number of hydrogen-bond acceptors (Lipinski definition) is 7. The summed E-state index contributed by atoms with van der Waals surface area (Å²) >= 11 is 0.933. The van der Waals surface area contributed by atoms with Gasteiger partial charge in [0.25, 0.3) is 11.8 Å². The Balaban J connectivity index is 1.98. The number of rotatable bonds is 5. The fourth-order valence-electron chi connectivity index (χ4n) is 2.97. The van der Waals surface area contributed by atoms with Crippen LogP contribution in [0, 0.1) is 5.92 Å². The number of aromatic nitrogens is 1. The molecule has 1 saturated heterocycles. The molecule has 0 spiro atoms. The first-order valence-electron chi connectivity index (χ1n) is 9.10. The molecular formula is C18H21F3N4O3S. The van der Waals surface area contributed by atoms with Crippen molar-refractivity contribution in [3.63, 3.8) is 0 Å². The van der Waals surface area contributed by atoms with Gasteiger partial charge in [-0.1, -0.05) is 25.2 Å². The molecule has 3 N–H and O–H groups in total. The minimum absolute atomic E-state index is 0.0731.